The second-order valence-electron chi connectivity index (χ2n) is 6.89. The summed E-state index contributed by atoms with van der Waals surface area (Å²) in [7, 11) is 2.04. The molecule has 4 heteroatoms. The normalized spacial score (nSPS) is 22.9. The van der Waals surface area contributed by atoms with Crippen molar-refractivity contribution in [3.63, 3.8) is 0 Å². The van der Waals surface area contributed by atoms with E-state index in [1.165, 1.54) is 5.56 Å². The predicted octanol–water partition coefficient (Wildman–Crippen LogP) is 3.91. The lowest BCUT2D eigenvalue weighted by molar-refractivity contribution is 0.0580. The molecule has 1 spiro atoms. The van der Waals surface area contributed by atoms with Crippen molar-refractivity contribution >= 4 is 17.7 Å². The molecule has 1 N–H and O–H groups in total. The third kappa shape index (κ3) is 1.71. The van der Waals surface area contributed by atoms with Gasteiger partial charge in [0.25, 0.3) is 0 Å². The zero-order valence-electron chi connectivity index (χ0n) is 13.9. The Morgan fingerprint density at radius 1 is 1.17 bits per heavy atom. The third-order valence-corrected chi connectivity index (χ3v) is 5.34. The minimum atomic E-state index is -0.933. The first-order chi connectivity index (χ1) is 11.4. The summed E-state index contributed by atoms with van der Waals surface area (Å²) < 4.78 is 6.47. The number of benzene rings is 2. The van der Waals surface area contributed by atoms with Crippen LogP contribution >= 0.6 is 0 Å². The van der Waals surface area contributed by atoms with Crippen molar-refractivity contribution in [3.8, 4) is 5.75 Å². The van der Waals surface area contributed by atoms with E-state index < -0.39 is 11.7 Å². The Hall–Kier alpha value is -2.75. The quantitative estimate of drug-likeness (QED) is 0.865. The summed E-state index contributed by atoms with van der Waals surface area (Å²) in [6, 6.07) is 13.3. The Morgan fingerprint density at radius 2 is 1.92 bits per heavy atom. The van der Waals surface area contributed by atoms with Crippen molar-refractivity contribution in [2.45, 2.75) is 25.0 Å². The molecule has 0 aliphatic carbocycles. The van der Waals surface area contributed by atoms with Gasteiger partial charge in [0.2, 0.25) is 5.72 Å². The summed E-state index contributed by atoms with van der Waals surface area (Å²) in [5.74, 6) is -0.229. The fraction of sp³-hybridized carbons (Fsp3) is 0.250. The van der Waals surface area contributed by atoms with Gasteiger partial charge >= 0.3 is 5.97 Å². The van der Waals surface area contributed by atoms with Crippen LogP contribution in [-0.4, -0.2) is 23.8 Å². The average molecular weight is 321 g/mol. The molecular weight excluding hydrogens is 302 g/mol. The van der Waals surface area contributed by atoms with Crippen LogP contribution in [0.1, 0.15) is 35.3 Å². The van der Waals surface area contributed by atoms with Gasteiger partial charge in [0.1, 0.15) is 5.75 Å². The summed E-state index contributed by atoms with van der Waals surface area (Å²) in [4.78, 5) is 13.3. The number of anilines is 1. The molecule has 4 nitrogen and oxygen atoms in total. The number of fused-ring (bicyclic) bond motifs is 2. The van der Waals surface area contributed by atoms with Crippen molar-refractivity contribution in [2.24, 2.45) is 0 Å². The van der Waals surface area contributed by atoms with E-state index in [2.05, 4.69) is 30.9 Å². The number of hydrogen-bond acceptors (Lipinski definition) is 3. The van der Waals surface area contributed by atoms with E-state index in [0.29, 0.717) is 5.75 Å². The smallest absolute Gasteiger partial charge is 0.335 e. The van der Waals surface area contributed by atoms with Crippen molar-refractivity contribution < 1.29 is 14.6 Å². The highest BCUT2D eigenvalue weighted by molar-refractivity contribution is 5.89. The molecular formula is C20H19NO3. The molecule has 2 heterocycles. The lowest BCUT2D eigenvalue weighted by atomic mass is 9.76. The van der Waals surface area contributed by atoms with Gasteiger partial charge in [0.05, 0.1) is 11.0 Å². The number of likely N-dealkylation sites (N-methyl/N-ethyl adjacent to an activating group) is 1. The minimum Gasteiger partial charge on any atom is -0.478 e. The Kier molecular flexibility index (Phi) is 2.86. The number of ether oxygens (including phenoxy) is 1. The zero-order chi connectivity index (χ0) is 17.1. The molecule has 0 saturated heterocycles. The Balaban J connectivity index is 1.84. The van der Waals surface area contributed by atoms with Gasteiger partial charge in [0, 0.05) is 18.3 Å². The van der Waals surface area contributed by atoms with Crippen LogP contribution < -0.4 is 9.64 Å². The molecule has 0 bridgehead atoms. The van der Waals surface area contributed by atoms with E-state index in [1.807, 2.05) is 31.3 Å². The number of para-hydroxylation sites is 1. The Bertz CT molecular complexity index is 884. The molecule has 2 aliphatic rings. The monoisotopic (exact) mass is 321 g/mol. The molecule has 122 valence electrons. The van der Waals surface area contributed by atoms with E-state index in [1.54, 1.807) is 18.2 Å². The average Bonchev–Trinajstić information content (AvgIpc) is 2.74. The number of aromatic carboxylic acids is 1. The molecule has 1 atom stereocenters. The maximum atomic E-state index is 11.2. The number of hydrogen-bond donors (Lipinski definition) is 1. The van der Waals surface area contributed by atoms with Crippen LogP contribution in [0.15, 0.2) is 48.5 Å². The first kappa shape index (κ1) is 14.8. The van der Waals surface area contributed by atoms with Crippen molar-refractivity contribution in [1.29, 1.82) is 0 Å². The highest BCUT2D eigenvalue weighted by Crippen LogP contribution is 2.54. The molecule has 4 rings (SSSR count). The molecule has 0 saturated carbocycles. The number of carboxylic acid groups (broad SMARTS) is 1. The van der Waals surface area contributed by atoms with Gasteiger partial charge in [-0.3, -0.25) is 0 Å². The summed E-state index contributed by atoms with van der Waals surface area (Å²) in [5, 5.41) is 9.16. The largest absolute Gasteiger partial charge is 0.478 e. The number of nitrogens with zero attached hydrogens (tertiary/aromatic N) is 1. The fourth-order valence-corrected chi connectivity index (χ4v) is 3.91. The second kappa shape index (κ2) is 4.63. The van der Waals surface area contributed by atoms with Crippen molar-refractivity contribution in [1.82, 2.24) is 0 Å². The SMILES string of the molecule is CN1c2ccccc2C(C)(C)[C@]12C=Cc1cc(C(=O)O)ccc1O2. The van der Waals surface area contributed by atoms with E-state index in [0.717, 1.165) is 11.3 Å². The van der Waals surface area contributed by atoms with Crippen LogP contribution in [0.5, 0.6) is 5.75 Å². The van der Waals surface area contributed by atoms with Gasteiger partial charge in [-0.25, -0.2) is 4.79 Å². The first-order valence-corrected chi connectivity index (χ1v) is 7.96. The second-order valence-corrected chi connectivity index (χ2v) is 6.89. The molecule has 2 aliphatic heterocycles. The van der Waals surface area contributed by atoms with Gasteiger partial charge in [-0.05, 0) is 55.8 Å². The van der Waals surface area contributed by atoms with Gasteiger partial charge in [-0.2, -0.15) is 0 Å². The van der Waals surface area contributed by atoms with Crippen LogP contribution in [0, 0.1) is 0 Å². The van der Waals surface area contributed by atoms with E-state index >= 15 is 0 Å². The van der Waals surface area contributed by atoms with Crippen molar-refractivity contribution in [2.75, 3.05) is 11.9 Å². The molecule has 2 aromatic rings. The molecule has 0 unspecified atom stereocenters. The first-order valence-electron chi connectivity index (χ1n) is 7.96. The van der Waals surface area contributed by atoms with Crippen LogP contribution in [0.4, 0.5) is 5.69 Å². The molecule has 2 aromatic carbocycles. The van der Waals surface area contributed by atoms with Crippen LogP contribution in [0.3, 0.4) is 0 Å². The summed E-state index contributed by atoms with van der Waals surface area (Å²) >= 11 is 0. The number of carbonyl (C=O) groups is 1. The maximum absolute atomic E-state index is 11.2. The molecule has 0 radical (unpaired) electrons. The Morgan fingerprint density at radius 3 is 2.62 bits per heavy atom. The fourth-order valence-electron chi connectivity index (χ4n) is 3.91. The van der Waals surface area contributed by atoms with E-state index in [4.69, 9.17) is 9.84 Å². The highest BCUT2D eigenvalue weighted by Gasteiger charge is 2.57. The van der Waals surface area contributed by atoms with Gasteiger partial charge in [0.15, 0.2) is 0 Å². The Labute approximate surface area is 141 Å². The van der Waals surface area contributed by atoms with Crippen LogP contribution in [-0.2, 0) is 5.41 Å². The van der Waals surface area contributed by atoms with Crippen LogP contribution in [0.25, 0.3) is 6.08 Å². The zero-order valence-corrected chi connectivity index (χ0v) is 13.9. The van der Waals surface area contributed by atoms with E-state index in [-0.39, 0.29) is 11.0 Å². The maximum Gasteiger partial charge on any atom is 0.335 e. The van der Waals surface area contributed by atoms with Gasteiger partial charge < -0.3 is 14.7 Å². The summed E-state index contributed by atoms with van der Waals surface area (Å²) in [6.45, 7) is 4.35. The lowest BCUT2D eigenvalue weighted by Gasteiger charge is -2.45. The van der Waals surface area contributed by atoms with Gasteiger partial charge in [-0.1, -0.05) is 18.2 Å². The summed E-state index contributed by atoms with van der Waals surface area (Å²) in [5.41, 5.74) is 2.56. The number of carboxylic acids is 1. The minimum absolute atomic E-state index is 0.252. The van der Waals surface area contributed by atoms with E-state index in [9.17, 15) is 4.79 Å². The molecule has 0 fully saturated rings. The number of rotatable bonds is 1. The molecule has 0 aromatic heterocycles. The standard InChI is InChI=1S/C20H19NO3/c1-19(2)15-6-4-5-7-16(15)21(3)20(19)11-10-13-12-14(18(22)23)8-9-17(13)24-20/h4-12H,1-3H3,(H,22,23)/t20-/m1/s1. The predicted molar refractivity (Wildman–Crippen MR) is 93.7 cm³/mol. The van der Waals surface area contributed by atoms with Crippen LogP contribution in [0.2, 0.25) is 0 Å². The topological polar surface area (TPSA) is 49.8 Å². The summed E-state index contributed by atoms with van der Waals surface area (Å²) in [6.07, 6.45) is 4.01. The highest BCUT2D eigenvalue weighted by atomic mass is 16.5. The lowest BCUT2D eigenvalue weighted by Crippen LogP contribution is -2.58. The molecule has 0 amide bonds. The van der Waals surface area contributed by atoms with Gasteiger partial charge in [-0.15, -0.1) is 0 Å². The molecule has 24 heavy (non-hydrogen) atoms. The van der Waals surface area contributed by atoms with Crippen molar-refractivity contribution in [3.05, 3.63) is 65.2 Å². The third-order valence-electron chi connectivity index (χ3n) is 5.34.